The number of thiazole rings is 1. The van der Waals surface area contributed by atoms with Gasteiger partial charge in [0.15, 0.2) is 5.69 Å². The van der Waals surface area contributed by atoms with E-state index >= 15 is 0 Å². The van der Waals surface area contributed by atoms with Crippen LogP contribution in [0.1, 0.15) is 45.5 Å². The molecule has 3 heterocycles. The molecule has 0 bridgehead atoms. The van der Waals surface area contributed by atoms with Crippen LogP contribution in [0.25, 0.3) is 0 Å². The fourth-order valence-electron chi connectivity index (χ4n) is 3.29. The molecule has 7 nitrogen and oxygen atoms in total. The van der Waals surface area contributed by atoms with Crippen LogP contribution in [0.3, 0.4) is 0 Å². The smallest absolute Gasteiger partial charge is 0.383 e. The number of carbonyl (C=O) groups is 1. The summed E-state index contributed by atoms with van der Waals surface area (Å²) in [4.78, 5) is 18.1. The Morgan fingerprint density at radius 2 is 2.32 bits per heavy atom. The molecule has 0 radical (unpaired) electrons. The number of aromatic nitrogens is 3. The van der Waals surface area contributed by atoms with Gasteiger partial charge in [-0.25, -0.2) is 4.98 Å². The van der Waals surface area contributed by atoms with Crippen molar-refractivity contribution in [1.29, 1.82) is 0 Å². The number of piperidine rings is 1. The largest absolute Gasteiger partial charge is 0.434 e. The van der Waals surface area contributed by atoms with Crippen molar-refractivity contribution in [3.63, 3.8) is 0 Å². The van der Waals surface area contributed by atoms with Crippen LogP contribution in [0.2, 0.25) is 0 Å². The standard InChI is InChI=1S/C17H22F3N5O2S/c1-27-6-4-21-16(26)12-7-22-24-15(12)11-3-2-5-25(8-11)9-14-23-13(10-28-14)17(18,19)20/h7,10-11H,2-6,8-9H2,1H3,(H,21,26)(H,22,24)/t11-/m1/s1. The molecule has 1 aliphatic rings. The maximum Gasteiger partial charge on any atom is 0.434 e. The molecule has 1 aliphatic heterocycles. The van der Waals surface area contributed by atoms with Crippen molar-refractivity contribution in [2.45, 2.75) is 31.5 Å². The number of methoxy groups -OCH3 is 1. The predicted octanol–water partition coefficient (Wildman–Crippen LogP) is 2.64. The van der Waals surface area contributed by atoms with E-state index in [9.17, 15) is 18.0 Å². The lowest BCUT2D eigenvalue weighted by Gasteiger charge is -2.32. The molecule has 2 aromatic heterocycles. The zero-order valence-electron chi connectivity index (χ0n) is 15.4. The summed E-state index contributed by atoms with van der Waals surface area (Å²) in [6, 6.07) is 0. The monoisotopic (exact) mass is 417 g/mol. The molecule has 2 aromatic rings. The second kappa shape index (κ2) is 9.01. The van der Waals surface area contributed by atoms with E-state index in [1.54, 1.807) is 7.11 Å². The van der Waals surface area contributed by atoms with Crippen LogP contribution in [-0.4, -0.2) is 59.3 Å². The number of likely N-dealkylation sites (tertiary alicyclic amines) is 1. The molecular formula is C17H22F3N5O2S. The van der Waals surface area contributed by atoms with E-state index in [2.05, 4.69) is 25.4 Å². The van der Waals surface area contributed by atoms with E-state index < -0.39 is 11.9 Å². The third-order valence-electron chi connectivity index (χ3n) is 4.62. The quantitative estimate of drug-likeness (QED) is 0.677. The molecule has 2 N–H and O–H groups in total. The molecule has 1 saturated heterocycles. The van der Waals surface area contributed by atoms with Crippen LogP contribution in [0.15, 0.2) is 11.6 Å². The lowest BCUT2D eigenvalue weighted by Crippen LogP contribution is -2.35. The van der Waals surface area contributed by atoms with Gasteiger partial charge in [0.25, 0.3) is 5.91 Å². The number of carbonyl (C=O) groups excluding carboxylic acids is 1. The van der Waals surface area contributed by atoms with Crippen LogP contribution in [0.5, 0.6) is 0 Å². The number of hydrogen-bond acceptors (Lipinski definition) is 6. The van der Waals surface area contributed by atoms with E-state index in [1.807, 2.05) is 0 Å². The molecule has 1 atom stereocenters. The Balaban J connectivity index is 1.63. The topological polar surface area (TPSA) is 83.1 Å². The Kier molecular flexibility index (Phi) is 6.68. The van der Waals surface area contributed by atoms with Crippen molar-refractivity contribution in [2.75, 3.05) is 33.4 Å². The van der Waals surface area contributed by atoms with Crippen molar-refractivity contribution >= 4 is 17.2 Å². The minimum absolute atomic E-state index is 0.0569. The van der Waals surface area contributed by atoms with Crippen molar-refractivity contribution in [3.05, 3.63) is 33.5 Å². The number of nitrogens with one attached hydrogen (secondary N) is 2. The molecule has 1 amide bonds. The van der Waals surface area contributed by atoms with Crippen LogP contribution < -0.4 is 5.32 Å². The number of rotatable bonds is 7. The van der Waals surface area contributed by atoms with Gasteiger partial charge in [0.1, 0.15) is 5.01 Å². The number of H-pyrrole nitrogens is 1. The van der Waals surface area contributed by atoms with Gasteiger partial charge in [-0.3, -0.25) is 14.8 Å². The zero-order valence-corrected chi connectivity index (χ0v) is 16.2. The van der Waals surface area contributed by atoms with Crippen LogP contribution in [0.4, 0.5) is 13.2 Å². The first-order valence-electron chi connectivity index (χ1n) is 8.93. The summed E-state index contributed by atoms with van der Waals surface area (Å²) < 4.78 is 43.1. The summed E-state index contributed by atoms with van der Waals surface area (Å²) in [6.45, 7) is 2.59. The van der Waals surface area contributed by atoms with Crippen molar-refractivity contribution < 1.29 is 22.7 Å². The first-order chi connectivity index (χ1) is 13.4. The summed E-state index contributed by atoms with van der Waals surface area (Å²) in [5, 5.41) is 11.2. The number of halogens is 3. The minimum atomic E-state index is -4.42. The average molecular weight is 417 g/mol. The van der Waals surface area contributed by atoms with E-state index in [1.165, 1.54) is 6.20 Å². The Morgan fingerprint density at radius 1 is 1.50 bits per heavy atom. The fourth-order valence-corrected chi connectivity index (χ4v) is 4.13. The van der Waals surface area contributed by atoms with Gasteiger partial charge in [0, 0.05) is 31.5 Å². The normalized spacial score (nSPS) is 18.4. The molecule has 1 fully saturated rings. The molecule has 154 valence electrons. The van der Waals surface area contributed by atoms with Crippen LogP contribution in [-0.2, 0) is 17.5 Å². The third kappa shape index (κ3) is 5.09. The summed E-state index contributed by atoms with van der Waals surface area (Å²) >= 11 is 1.02. The molecular weight excluding hydrogens is 395 g/mol. The van der Waals surface area contributed by atoms with E-state index in [-0.39, 0.29) is 11.8 Å². The molecule has 0 spiro atoms. The number of aromatic amines is 1. The first kappa shape index (κ1) is 20.7. The molecule has 0 saturated carbocycles. The molecule has 3 rings (SSSR count). The van der Waals surface area contributed by atoms with Crippen LogP contribution in [0, 0.1) is 0 Å². The average Bonchev–Trinajstić information content (AvgIpc) is 3.31. The van der Waals surface area contributed by atoms with Crippen molar-refractivity contribution in [1.82, 2.24) is 25.4 Å². The van der Waals surface area contributed by atoms with Gasteiger partial charge in [0.2, 0.25) is 0 Å². The van der Waals surface area contributed by atoms with Gasteiger partial charge < -0.3 is 10.1 Å². The van der Waals surface area contributed by atoms with Crippen molar-refractivity contribution in [2.24, 2.45) is 0 Å². The summed E-state index contributed by atoms with van der Waals surface area (Å²) in [7, 11) is 1.56. The predicted molar refractivity (Wildman–Crippen MR) is 97.2 cm³/mol. The highest BCUT2D eigenvalue weighted by atomic mass is 32.1. The highest BCUT2D eigenvalue weighted by Crippen LogP contribution is 2.32. The molecule has 28 heavy (non-hydrogen) atoms. The maximum atomic E-state index is 12.7. The zero-order chi connectivity index (χ0) is 20.1. The van der Waals surface area contributed by atoms with Gasteiger partial charge in [-0.15, -0.1) is 11.3 Å². The molecule has 11 heteroatoms. The number of amides is 1. The Morgan fingerprint density at radius 3 is 3.04 bits per heavy atom. The van der Waals surface area contributed by atoms with Crippen molar-refractivity contribution in [3.8, 4) is 0 Å². The SMILES string of the molecule is COCCNC(=O)c1cn[nH]c1[C@@H]1CCCN(Cc2nc(C(F)(F)F)cs2)C1. The van der Waals surface area contributed by atoms with Gasteiger partial charge in [-0.2, -0.15) is 18.3 Å². The van der Waals surface area contributed by atoms with Crippen LogP contribution >= 0.6 is 11.3 Å². The van der Waals surface area contributed by atoms with Gasteiger partial charge in [-0.05, 0) is 19.4 Å². The molecule has 0 aromatic carbocycles. The number of ether oxygens (including phenoxy) is 1. The molecule has 0 aliphatic carbocycles. The summed E-state index contributed by atoms with van der Waals surface area (Å²) in [5.74, 6) is -0.158. The van der Waals surface area contributed by atoms with E-state index in [0.29, 0.717) is 36.8 Å². The summed E-state index contributed by atoms with van der Waals surface area (Å²) in [6.07, 6.45) is -1.15. The number of nitrogens with zero attached hydrogens (tertiary/aromatic N) is 3. The second-order valence-electron chi connectivity index (χ2n) is 6.64. The second-order valence-corrected chi connectivity index (χ2v) is 7.59. The van der Waals surface area contributed by atoms with Gasteiger partial charge in [-0.1, -0.05) is 0 Å². The maximum absolute atomic E-state index is 12.7. The number of hydrogen-bond donors (Lipinski definition) is 2. The Labute approximate surface area is 164 Å². The minimum Gasteiger partial charge on any atom is -0.383 e. The lowest BCUT2D eigenvalue weighted by atomic mass is 9.92. The van der Waals surface area contributed by atoms with E-state index in [0.717, 1.165) is 41.8 Å². The lowest BCUT2D eigenvalue weighted by molar-refractivity contribution is -0.140. The Hall–Kier alpha value is -1.98. The first-order valence-corrected chi connectivity index (χ1v) is 9.80. The fraction of sp³-hybridized carbons (Fsp3) is 0.588. The van der Waals surface area contributed by atoms with E-state index in [4.69, 9.17) is 4.74 Å². The Bertz CT molecular complexity index is 792. The highest BCUT2D eigenvalue weighted by Gasteiger charge is 2.34. The highest BCUT2D eigenvalue weighted by molar-refractivity contribution is 7.09. The third-order valence-corrected chi connectivity index (χ3v) is 5.45. The van der Waals surface area contributed by atoms with Gasteiger partial charge in [0.05, 0.1) is 30.6 Å². The van der Waals surface area contributed by atoms with Gasteiger partial charge >= 0.3 is 6.18 Å². The number of alkyl halides is 3. The molecule has 0 unspecified atom stereocenters. The summed E-state index contributed by atoms with van der Waals surface area (Å²) in [5.41, 5.74) is 0.413.